The van der Waals surface area contributed by atoms with Crippen LogP contribution in [0.4, 0.5) is 5.69 Å². The Morgan fingerprint density at radius 3 is 2.32 bits per heavy atom. The number of anilines is 1. The average molecular weight is 372 g/mol. The number of hydrogen-bond acceptors (Lipinski definition) is 4. The number of carboxylic acids is 1. The summed E-state index contributed by atoms with van der Waals surface area (Å²) in [6.07, 6.45) is 1.36. The number of carboxylic acid groups (broad SMARTS) is 1. The maximum absolute atomic E-state index is 12.3. The molecule has 2 aromatic carbocycles. The number of nitrogens with zero attached hydrogens (tertiary/aromatic N) is 1. The Kier molecular flexibility index (Phi) is 5.38. The first-order valence-electron chi connectivity index (χ1n) is 8.39. The molecule has 0 atom stereocenters. The van der Waals surface area contributed by atoms with E-state index in [4.69, 9.17) is 9.52 Å². The lowest BCUT2D eigenvalue weighted by atomic mass is 10.1. The van der Waals surface area contributed by atoms with Crippen LogP contribution in [0.25, 0.3) is 17.4 Å². The van der Waals surface area contributed by atoms with Crippen molar-refractivity contribution in [1.29, 1.82) is 5.26 Å². The van der Waals surface area contributed by atoms with Crippen molar-refractivity contribution in [3.63, 3.8) is 0 Å². The molecule has 1 amide bonds. The molecule has 0 aliphatic carbocycles. The van der Waals surface area contributed by atoms with Crippen molar-refractivity contribution in [3.05, 3.63) is 83.1 Å². The van der Waals surface area contributed by atoms with Crippen LogP contribution in [-0.2, 0) is 4.79 Å². The van der Waals surface area contributed by atoms with Crippen LogP contribution < -0.4 is 5.32 Å². The molecular formula is C22H16N2O4. The molecule has 0 saturated carbocycles. The lowest BCUT2D eigenvalue weighted by Gasteiger charge is -2.04. The van der Waals surface area contributed by atoms with Gasteiger partial charge in [-0.25, -0.2) is 4.79 Å². The van der Waals surface area contributed by atoms with E-state index in [0.717, 1.165) is 5.56 Å². The summed E-state index contributed by atoms with van der Waals surface area (Å²) >= 11 is 0. The number of aromatic carboxylic acids is 1. The second kappa shape index (κ2) is 8.06. The number of carbonyl (C=O) groups excluding carboxylic acids is 1. The number of carbonyl (C=O) groups is 2. The van der Waals surface area contributed by atoms with E-state index < -0.39 is 11.9 Å². The first-order chi connectivity index (χ1) is 13.5. The molecule has 0 spiro atoms. The number of furan rings is 1. The van der Waals surface area contributed by atoms with Gasteiger partial charge in [0.2, 0.25) is 0 Å². The minimum atomic E-state index is -1.01. The van der Waals surface area contributed by atoms with Gasteiger partial charge in [0.1, 0.15) is 23.2 Å². The van der Waals surface area contributed by atoms with Crippen LogP contribution in [0.2, 0.25) is 0 Å². The third-order valence-electron chi connectivity index (χ3n) is 4.00. The van der Waals surface area contributed by atoms with Gasteiger partial charge in [-0.3, -0.25) is 4.79 Å². The Balaban J connectivity index is 1.78. The molecule has 3 aromatic rings. The molecular weight excluding hydrogens is 356 g/mol. The highest BCUT2D eigenvalue weighted by Crippen LogP contribution is 2.24. The molecule has 28 heavy (non-hydrogen) atoms. The quantitative estimate of drug-likeness (QED) is 0.507. The number of benzene rings is 2. The Hall–Kier alpha value is -4.11. The summed E-state index contributed by atoms with van der Waals surface area (Å²) in [5.41, 5.74) is 2.42. The molecule has 0 saturated heterocycles. The van der Waals surface area contributed by atoms with E-state index in [0.29, 0.717) is 22.8 Å². The van der Waals surface area contributed by atoms with E-state index in [1.54, 1.807) is 36.4 Å². The van der Waals surface area contributed by atoms with E-state index in [1.165, 1.54) is 18.2 Å². The summed E-state index contributed by atoms with van der Waals surface area (Å²) in [7, 11) is 0. The summed E-state index contributed by atoms with van der Waals surface area (Å²) in [6, 6.07) is 18.7. The minimum Gasteiger partial charge on any atom is -0.478 e. The summed E-state index contributed by atoms with van der Waals surface area (Å²) in [5.74, 6) is -0.699. The van der Waals surface area contributed by atoms with Crippen molar-refractivity contribution in [2.45, 2.75) is 6.92 Å². The maximum atomic E-state index is 12.3. The van der Waals surface area contributed by atoms with Crippen LogP contribution in [0.1, 0.15) is 21.7 Å². The number of nitriles is 1. The molecule has 0 fully saturated rings. The molecule has 138 valence electrons. The van der Waals surface area contributed by atoms with Crippen molar-refractivity contribution < 1.29 is 19.1 Å². The Morgan fingerprint density at radius 2 is 1.71 bits per heavy atom. The van der Waals surface area contributed by atoms with Gasteiger partial charge in [0.25, 0.3) is 5.91 Å². The van der Waals surface area contributed by atoms with E-state index in [-0.39, 0.29) is 11.1 Å². The smallest absolute Gasteiger partial charge is 0.335 e. The van der Waals surface area contributed by atoms with Crippen LogP contribution in [-0.4, -0.2) is 17.0 Å². The predicted octanol–water partition coefficient (Wildman–Crippen LogP) is 4.50. The van der Waals surface area contributed by atoms with Crippen molar-refractivity contribution in [2.75, 3.05) is 5.32 Å². The van der Waals surface area contributed by atoms with Crippen molar-refractivity contribution in [3.8, 4) is 17.4 Å². The summed E-state index contributed by atoms with van der Waals surface area (Å²) < 4.78 is 5.66. The van der Waals surface area contributed by atoms with E-state index >= 15 is 0 Å². The molecule has 0 aliphatic rings. The molecule has 6 nitrogen and oxygen atoms in total. The second-order valence-electron chi connectivity index (χ2n) is 6.07. The lowest BCUT2D eigenvalue weighted by molar-refractivity contribution is -0.112. The maximum Gasteiger partial charge on any atom is 0.335 e. The summed E-state index contributed by atoms with van der Waals surface area (Å²) in [5, 5.41) is 20.9. The number of hydrogen-bond donors (Lipinski definition) is 2. The van der Waals surface area contributed by atoms with E-state index in [2.05, 4.69) is 5.32 Å². The van der Waals surface area contributed by atoms with Gasteiger partial charge in [0, 0.05) is 17.3 Å². The summed E-state index contributed by atoms with van der Waals surface area (Å²) in [6.45, 7) is 1.94. The largest absolute Gasteiger partial charge is 0.478 e. The van der Waals surface area contributed by atoms with Crippen molar-refractivity contribution in [1.82, 2.24) is 0 Å². The third-order valence-corrected chi connectivity index (χ3v) is 4.00. The van der Waals surface area contributed by atoms with Gasteiger partial charge in [-0.1, -0.05) is 29.8 Å². The lowest BCUT2D eigenvalue weighted by Crippen LogP contribution is -2.13. The number of rotatable bonds is 5. The highest BCUT2D eigenvalue weighted by atomic mass is 16.4. The number of amides is 1. The van der Waals surface area contributed by atoms with Crippen molar-refractivity contribution in [2.24, 2.45) is 0 Å². The fraction of sp³-hybridized carbons (Fsp3) is 0.0455. The van der Waals surface area contributed by atoms with Crippen molar-refractivity contribution >= 4 is 23.6 Å². The van der Waals surface area contributed by atoms with Crippen LogP contribution in [0, 0.1) is 18.3 Å². The highest BCUT2D eigenvalue weighted by Gasteiger charge is 2.12. The standard InChI is InChI=1S/C22H16N2O4/c1-14-2-8-18(9-3-14)24-21(25)17(13-23)12-19-10-11-20(28-19)15-4-6-16(7-5-15)22(26)27/h2-12H,1H3,(H,24,25)(H,26,27)/b17-12+. The topological polar surface area (TPSA) is 103 Å². The molecule has 0 aliphatic heterocycles. The zero-order valence-corrected chi connectivity index (χ0v) is 15.0. The Labute approximate surface area is 161 Å². The Morgan fingerprint density at radius 1 is 1.04 bits per heavy atom. The van der Waals surface area contributed by atoms with Gasteiger partial charge >= 0.3 is 5.97 Å². The van der Waals surface area contributed by atoms with Crippen LogP contribution in [0.3, 0.4) is 0 Å². The highest BCUT2D eigenvalue weighted by molar-refractivity contribution is 6.09. The van der Waals surface area contributed by atoms with Gasteiger partial charge in [-0.15, -0.1) is 0 Å². The van der Waals surface area contributed by atoms with Gasteiger partial charge in [0.05, 0.1) is 5.56 Å². The molecule has 1 heterocycles. The molecule has 6 heteroatoms. The normalized spacial score (nSPS) is 10.9. The molecule has 1 aromatic heterocycles. The van der Waals surface area contributed by atoms with Gasteiger partial charge < -0.3 is 14.8 Å². The molecule has 0 radical (unpaired) electrons. The average Bonchev–Trinajstić information content (AvgIpc) is 3.16. The molecule has 3 rings (SSSR count). The molecule has 0 bridgehead atoms. The SMILES string of the molecule is Cc1ccc(NC(=O)/C(C#N)=C/c2ccc(-c3ccc(C(=O)O)cc3)o2)cc1. The van der Waals surface area contributed by atoms with Gasteiger partial charge in [0.15, 0.2) is 0 Å². The van der Waals surface area contributed by atoms with E-state index in [1.807, 2.05) is 25.1 Å². The van der Waals surface area contributed by atoms with Crippen LogP contribution >= 0.6 is 0 Å². The van der Waals surface area contributed by atoms with E-state index in [9.17, 15) is 14.9 Å². The monoisotopic (exact) mass is 372 g/mol. The van der Waals surface area contributed by atoms with Crippen LogP contribution in [0.5, 0.6) is 0 Å². The first-order valence-corrected chi connectivity index (χ1v) is 8.39. The first kappa shape index (κ1) is 18.7. The molecule has 2 N–H and O–H groups in total. The van der Waals surface area contributed by atoms with Gasteiger partial charge in [-0.05, 0) is 43.3 Å². The number of nitrogens with one attached hydrogen (secondary N) is 1. The van der Waals surface area contributed by atoms with Crippen LogP contribution in [0.15, 0.2) is 70.7 Å². The predicted molar refractivity (Wildman–Crippen MR) is 105 cm³/mol. The second-order valence-corrected chi connectivity index (χ2v) is 6.07. The Bertz CT molecular complexity index is 1080. The zero-order valence-electron chi connectivity index (χ0n) is 15.0. The summed E-state index contributed by atoms with van der Waals surface area (Å²) in [4.78, 5) is 23.2. The van der Waals surface area contributed by atoms with Gasteiger partial charge in [-0.2, -0.15) is 5.26 Å². The zero-order chi connectivity index (χ0) is 20.1. The fourth-order valence-electron chi connectivity index (χ4n) is 2.49. The number of aryl methyl sites for hydroxylation is 1. The molecule has 0 unspecified atom stereocenters. The minimum absolute atomic E-state index is 0.0947. The third kappa shape index (κ3) is 4.34. The fourth-order valence-corrected chi connectivity index (χ4v) is 2.49.